The van der Waals surface area contributed by atoms with Crippen LogP contribution in [0.4, 0.5) is 4.39 Å². The molecule has 4 rings (SSSR count). The van der Waals surface area contributed by atoms with E-state index in [0.717, 1.165) is 25.3 Å². The first-order valence-electron chi connectivity index (χ1n) is 11.0. The highest BCUT2D eigenvalue weighted by molar-refractivity contribution is 5.91. The molecule has 1 N–H and O–H groups in total. The Bertz CT molecular complexity index is 1390. The molecule has 0 bridgehead atoms. The van der Waals surface area contributed by atoms with E-state index in [1.54, 1.807) is 42.5 Å². The quantitative estimate of drug-likeness (QED) is 0.239. The summed E-state index contributed by atoms with van der Waals surface area (Å²) in [6, 6.07) is 20.7. The molecule has 1 aromatic heterocycles. The number of aromatic carboxylic acids is 1. The van der Waals surface area contributed by atoms with Crippen LogP contribution in [0.15, 0.2) is 82.0 Å². The molecule has 0 saturated carbocycles. The van der Waals surface area contributed by atoms with Gasteiger partial charge >= 0.3 is 5.97 Å². The van der Waals surface area contributed by atoms with Gasteiger partial charge in [0.05, 0.1) is 12.0 Å². The molecule has 0 aliphatic carbocycles. The highest BCUT2D eigenvalue weighted by Gasteiger charge is 2.12. The van der Waals surface area contributed by atoms with Crippen molar-refractivity contribution >= 4 is 29.1 Å². The third-order valence-electron chi connectivity index (χ3n) is 5.38. The molecule has 3 aromatic carbocycles. The number of carbonyl (C=O) groups is 1. The molecule has 172 valence electrons. The lowest BCUT2D eigenvalue weighted by atomic mass is 10.1. The molecule has 0 aliphatic rings. The SMILES string of the molecule is O=C(O)c1cc(=O)c2cccc(/C=C/c3ccc(OCCCCc4ccccc4)cc3F)c2o1. The molecule has 0 amide bonds. The third kappa shape index (κ3) is 5.59. The second-order valence-electron chi connectivity index (χ2n) is 7.81. The molecule has 1 heterocycles. The summed E-state index contributed by atoms with van der Waals surface area (Å²) >= 11 is 0. The predicted octanol–water partition coefficient (Wildman–Crippen LogP) is 6.20. The summed E-state index contributed by atoms with van der Waals surface area (Å²) in [5.41, 5.74) is 1.76. The number of para-hydroxylation sites is 1. The minimum Gasteiger partial charge on any atom is -0.493 e. The molecule has 0 spiro atoms. The van der Waals surface area contributed by atoms with Gasteiger partial charge in [0.2, 0.25) is 5.76 Å². The molecule has 34 heavy (non-hydrogen) atoms. The molecule has 4 aromatic rings. The second kappa shape index (κ2) is 10.6. The molecule has 0 saturated heterocycles. The molecule has 0 unspecified atom stereocenters. The van der Waals surface area contributed by atoms with E-state index in [1.165, 1.54) is 11.6 Å². The van der Waals surface area contributed by atoms with Crippen LogP contribution in [-0.2, 0) is 6.42 Å². The number of fused-ring (bicyclic) bond motifs is 1. The van der Waals surface area contributed by atoms with E-state index < -0.39 is 23.0 Å². The smallest absolute Gasteiger partial charge is 0.371 e. The lowest BCUT2D eigenvalue weighted by Crippen LogP contribution is -2.06. The summed E-state index contributed by atoms with van der Waals surface area (Å²) in [4.78, 5) is 23.4. The van der Waals surface area contributed by atoms with Crippen LogP contribution in [0.25, 0.3) is 23.1 Å². The number of carboxylic acids is 1. The van der Waals surface area contributed by atoms with Crippen LogP contribution < -0.4 is 10.2 Å². The van der Waals surface area contributed by atoms with Crippen LogP contribution in [-0.4, -0.2) is 17.7 Å². The van der Waals surface area contributed by atoms with Crippen LogP contribution in [0.2, 0.25) is 0 Å². The standard InChI is InChI=1S/C28H23FO5/c29-24-17-22(33-16-5-4-9-19-7-2-1-3-8-19)15-14-20(24)12-13-21-10-6-11-23-25(30)18-26(28(31)32)34-27(21)23/h1-3,6-8,10-15,17-18H,4-5,9,16H2,(H,31,32)/b13-12+. The predicted molar refractivity (Wildman–Crippen MR) is 130 cm³/mol. The number of ether oxygens (including phenoxy) is 1. The zero-order chi connectivity index (χ0) is 23.9. The average molecular weight is 458 g/mol. The summed E-state index contributed by atoms with van der Waals surface area (Å²) in [5, 5.41) is 9.41. The topological polar surface area (TPSA) is 76.7 Å². The maximum atomic E-state index is 14.6. The largest absolute Gasteiger partial charge is 0.493 e. The van der Waals surface area contributed by atoms with Crippen molar-refractivity contribution in [3.05, 3.63) is 111 Å². The fourth-order valence-electron chi connectivity index (χ4n) is 3.61. The second-order valence-corrected chi connectivity index (χ2v) is 7.81. The van der Waals surface area contributed by atoms with Gasteiger partial charge in [-0.05, 0) is 43.0 Å². The van der Waals surface area contributed by atoms with Gasteiger partial charge in [0.25, 0.3) is 0 Å². The zero-order valence-electron chi connectivity index (χ0n) is 18.4. The van der Waals surface area contributed by atoms with Crippen molar-refractivity contribution in [3.8, 4) is 5.75 Å². The van der Waals surface area contributed by atoms with Crippen LogP contribution in [0, 0.1) is 5.82 Å². The number of hydrogen-bond acceptors (Lipinski definition) is 4. The van der Waals surface area contributed by atoms with Crippen LogP contribution in [0.5, 0.6) is 5.75 Å². The summed E-state index contributed by atoms with van der Waals surface area (Å²) in [6.07, 6.45) is 5.95. The molecule has 0 radical (unpaired) electrons. The Kier molecular flexibility index (Phi) is 7.18. The number of hydrogen-bond donors (Lipinski definition) is 1. The number of unbranched alkanes of at least 4 members (excludes halogenated alkanes) is 1. The van der Waals surface area contributed by atoms with Crippen molar-refractivity contribution < 1.29 is 23.4 Å². The molecule has 0 aliphatic heterocycles. The molecular weight excluding hydrogens is 435 g/mol. The van der Waals surface area contributed by atoms with Gasteiger partial charge in [-0.2, -0.15) is 0 Å². The monoisotopic (exact) mass is 458 g/mol. The van der Waals surface area contributed by atoms with Gasteiger partial charge in [0.1, 0.15) is 17.1 Å². The number of aryl methyl sites for hydroxylation is 1. The number of benzene rings is 3. The number of rotatable bonds is 9. The highest BCUT2D eigenvalue weighted by atomic mass is 19.1. The van der Waals surface area contributed by atoms with Crippen molar-refractivity contribution in [2.75, 3.05) is 6.61 Å². The van der Waals surface area contributed by atoms with Gasteiger partial charge in [0.15, 0.2) is 5.43 Å². The summed E-state index contributed by atoms with van der Waals surface area (Å²) < 4.78 is 25.7. The first-order valence-corrected chi connectivity index (χ1v) is 11.0. The van der Waals surface area contributed by atoms with Gasteiger partial charge in [-0.15, -0.1) is 0 Å². The molecule has 6 heteroatoms. The Labute approximate surface area is 195 Å². The Hall–Kier alpha value is -4.19. The van der Waals surface area contributed by atoms with Crippen molar-refractivity contribution in [2.45, 2.75) is 19.3 Å². The first-order chi connectivity index (χ1) is 16.5. The Morgan fingerprint density at radius 2 is 1.74 bits per heavy atom. The van der Waals surface area contributed by atoms with E-state index in [1.807, 2.05) is 18.2 Å². The molecule has 0 fully saturated rings. The van der Waals surface area contributed by atoms with Crippen molar-refractivity contribution in [3.63, 3.8) is 0 Å². The zero-order valence-corrected chi connectivity index (χ0v) is 18.4. The number of halogens is 1. The van der Waals surface area contributed by atoms with Gasteiger partial charge < -0.3 is 14.3 Å². The van der Waals surface area contributed by atoms with Gasteiger partial charge in [0, 0.05) is 23.3 Å². The molecule has 5 nitrogen and oxygen atoms in total. The van der Waals surface area contributed by atoms with Crippen molar-refractivity contribution in [1.29, 1.82) is 0 Å². The van der Waals surface area contributed by atoms with E-state index in [2.05, 4.69) is 12.1 Å². The fourth-order valence-corrected chi connectivity index (χ4v) is 3.61. The fraction of sp³-hybridized carbons (Fsp3) is 0.143. The van der Waals surface area contributed by atoms with Crippen LogP contribution >= 0.6 is 0 Å². The maximum Gasteiger partial charge on any atom is 0.371 e. The third-order valence-corrected chi connectivity index (χ3v) is 5.38. The highest BCUT2D eigenvalue weighted by Crippen LogP contribution is 2.23. The Morgan fingerprint density at radius 3 is 2.50 bits per heavy atom. The van der Waals surface area contributed by atoms with E-state index in [0.29, 0.717) is 23.5 Å². The Morgan fingerprint density at radius 1 is 0.941 bits per heavy atom. The minimum atomic E-state index is -1.33. The number of carboxylic acid groups (broad SMARTS) is 1. The van der Waals surface area contributed by atoms with Crippen LogP contribution in [0.1, 0.15) is 40.1 Å². The molecular formula is C28H23FO5. The maximum absolute atomic E-state index is 14.6. The summed E-state index contributed by atoms with van der Waals surface area (Å²) in [5.74, 6) is -1.78. The minimum absolute atomic E-state index is 0.138. The Balaban J connectivity index is 1.41. The van der Waals surface area contributed by atoms with E-state index in [9.17, 15) is 14.0 Å². The van der Waals surface area contributed by atoms with Gasteiger partial charge in [-0.25, -0.2) is 9.18 Å². The first kappa shape index (κ1) is 23.0. The van der Waals surface area contributed by atoms with E-state index >= 15 is 0 Å². The normalized spacial score (nSPS) is 11.2. The van der Waals surface area contributed by atoms with Crippen molar-refractivity contribution in [1.82, 2.24) is 0 Å². The van der Waals surface area contributed by atoms with Gasteiger partial charge in [-0.3, -0.25) is 4.79 Å². The van der Waals surface area contributed by atoms with Crippen LogP contribution in [0.3, 0.4) is 0 Å². The summed E-state index contributed by atoms with van der Waals surface area (Å²) in [6.45, 7) is 0.502. The van der Waals surface area contributed by atoms with Crippen molar-refractivity contribution in [2.24, 2.45) is 0 Å². The lowest BCUT2D eigenvalue weighted by Gasteiger charge is -2.08. The van der Waals surface area contributed by atoms with E-state index in [4.69, 9.17) is 14.3 Å². The van der Waals surface area contributed by atoms with E-state index in [-0.39, 0.29) is 11.0 Å². The average Bonchev–Trinajstić information content (AvgIpc) is 2.84. The summed E-state index contributed by atoms with van der Waals surface area (Å²) in [7, 11) is 0. The van der Waals surface area contributed by atoms with Gasteiger partial charge in [-0.1, -0.05) is 54.6 Å². The lowest BCUT2D eigenvalue weighted by molar-refractivity contribution is 0.0663. The molecule has 0 atom stereocenters.